The number of nitrogens with one attached hydrogen (secondary N) is 6. The predicted octanol–water partition coefficient (Wildman–Crippen LogP) is 10.4. The normalized spacial score (nSPS) is 14.5. The lowest BCUT2D eigenvalue weighted by atomic mass is 9.77. The minimum Gasteiger partial charge on any atom is -0.401 e. The molecule has 0 rings (SSSR count). The number of ether oxygens (including phenoxy) is 11. The third-order valence-electron chi connectivity index (χ3n) is 18.0. The van der Waals surface area contributed by atoms with Crippen molar-refractivity contribution < 1.29 is 76.1 Å². The molecule has 0 aliphatic carbocycles. The smallest absolute Gasteiger partial charge is 0.236 e. The number of allylic oxidation sites excluding steroid dienone is 2. The van der Waals surface area contributed by atoms with Gasteiger partial charge in [-0.1, -0.05) is 138 Å². The highest BCUT2D eigenvalue weighted by Crippen LogP contribution is 2.36. The van der Waals surface area contributed by atoms with Crippen molar-refractivity contribution in [3.05, 3.63) is 23.8 Å². The summed E-state index contributed by atoms with van der Waals surface area (Å²) in [5, 5.41) is 20.3. The SMILES string of the molecule is CN(CCOCCOCCOCCOCCC(=O)NCC(C)(S)COCC(C)(C)CNC(=O)CN(C)OCC(C)(C)CN/C=C(\N)CC(C)(C)CCC(C)(C)C)CCOCCOCCOCCOCCC(=O)NCC(C)(S)COCC(C)(C)CNC(=O)CC(C)(C)COCC(C)(C)CN/C=C(\N)CC(C)(C)CCC(C)(C)C. The molecular weight excluding hydrogens is 1470 g/mol. The van der Waals surface area contributed by atoms with Crippen molar-refractivity contribution in [2.24, 2.45) is 60.2 Å². The topological polar surface area (TPSA) is 310 Å². The van der Waals surface area contributed by atoms with Crippen LogP contribution in [0.2, 0.25) is 0 Å². The lowest BCUT2D eigenvalue weighted by Crippen LogP contribution is -2.44. The van der Waals surface area contributed by atoms with Crippen LogP contribution in [0.1, 0.15) is 210 Å². The Balaban J connectivity index is 3.92. The van der Waals surface area contributed by atoms with E-state index in [-0.39, 0.29) is 94.1 Å². The van der Waals surface area contributed by atoms with Crippen LogP contribution in [-0.4, -0.2) is 268 Å². The lowest BCUT2D eigenvalue weighted by Gasteiger charge is -2.31. The molecule has 0 aromatic rings. The zero-order valence-electron chi connectivity index (χ0n) is 75.1. The molecule has 0 aliphatic heterocycles. The van der Waals surface area contributed by atoms with Gasteiger partial charge < -0.3 is 100 Å². The van der Waals surface area contributed by atoms with Crippen LogP contribution >= 0.6 is 25.3 Å². The first kappa shape index (κ1) is 109. The van der Waals surface area contributed by atoms with Crippen LogP contribution < -0.4 is 43.4 Å². The van der Waals surface area contributed by atoms with Crippen molar-refractivity contribution in [3.63, 3.8) is 0 Å². The van der Waals surface area contributed by atoms with Gasteiger partial charge in [-0.05, 0) is 86.5 Å². The number of thiol groups is 2. The van der Waals surface area contributed by atoms with E-state index in [0.717, 1.165) is 69.6 Å². The Hall–Kier alpha value is -3.30. The average molecular weight is 1640 g/mol. The van der Waals surface area contributed by atoms with Crippen molar-refractivity contribution in [2.75, 3.05) is 225 Å². The largest absolute Gasteiger partial charge is 0.401 e. The van der Waals surface area contributed by atoms with Gasteiger partial charge in [-0.2, -0.15) is 30.3 Å². The molecule has 662 valence electrons. The van der Waals surface area contributed by atoms with Crippen molar-refractivity contribution >= 4 is 48.9 Å². The number of rotatable bonds is 71. The number of hydrogen-bond acceptors (Lipinski definition) is 24. The molecule has 0 aromatic carbocycles. The molecule has 0 saturated heterocycles. The Morgan fingerprint density at radius 2 is 0.616 bits per heavy atom. The van der Waals surface area contributed by atoms with Crippen LogP contribution in [0, 0.1) is 48.7 Å². The summed E-state index contributed by atoms with van der Waals surface area (Å²) in [5.74, 6) is -0.458. The van der Waals surface area contributed by atoms with Crippen LogP contribution in [0.5, 0.6) is 0 Å². The Kier molecular flexibility index (Phi) is 54.6. The summed E-state index contributed by atoms with van der Waals surface area (Å²) in [6.07, 6.45) is 10.8. The quantitative estimate of drug-likeness (QED) is 0.0154. The molecule has 112 heavy (non-hydrogen) atoms. The summed E-state index contributed by atoms with van der Waals surface area (Å²) in [6, 6.07) is 0. The molecule has 0 aliphatic rings. The fourth-order valence-corrected chi connectivity index (χ4v) is 11.0. The fraction of sp³-hybridized carbons (Fsp3) is 0.905. The zero-order valence-corrected chi connectivity index (χ0v) is 76.9. The Bertz CT molecular complexity index is 2580. The lowest BCUT2D eigenvalue weighted by molar-refractivity contribution is -0.169. The summed E-state index contributed by atoms with van der Waals surface area (Å²) >= 11 is 9.50. The second-order valence-electron chi connectivity index (χ2n) is 39.3. The molecule has 2 atom stereocenters. The van der Waals surface area contributed by atoms with Gasteiger partial charge >= 0.3 is 0 Å². The van der Waals surface area contributed by atoms with E-state index in [4.69, 9.17) is 93.7 Å². The highest BCUT2D eigenvalue weighted by atomic mass is 32.1. The van der Waals surface area contributed by atoms with Gasteiger partial charge in [0.15, 0.2) is 0 Å². The van der Waals surface area contributed by atoms with Crippen LogP contribution in [0.15, 0.2) is 23.8 Å². The molecule has 0 radical (unpaired) electrons. The molecule has 26 nitrogen and oxygen atoms in total. The van der Waals surface area contributed by atoms with E-state index >= 15 is 0 Å². The molecule has 0 aromatic heterocycles. The Labute approximate surface area is 691 Å². The first-order valence-corrected chi connectivity index (χ1v) is 41.9. The second kappa shape index (κ2) is 56.2. The molecular formula is C84H168N10O16S2. The van der Waals surface area contributed by atoms with E-state index < -0.39 is 9.49 Å². The number of hydrogen-bond donors (Lipinski definition) is 10. The standard InChI is InChI=1S/C84H168N10O16S2/c1-74(2,3)27-29-76(7,8)49-68(85)52-87-55-79(13,14)62-107-61-78(11,12)51-72(97)89-57-81(17,18)63-108-66-83(21,111)59-91-70(95)25-33-99-37-41-103-45-47-105-43-39-101-35-31-93(23)32-36-102-40-44-106-48-46-104-42-38-100-34-26-71(96)92-60-84(22,112)67-109-64-82(19,20)58-90-73(98)54-94(24)110-65-80(15,16)56-88-53-69(86)50-77(9,10)30-28-75(4,5)6/h52-53,87-88,111-112H,25-51,54-67,85-86H2,1-24H3,(H,89,97)(H,90,98)(H,91,95)(H,92,96)/b68-52-,69-53-. The van der Waals surface area contributed by atoms with Gasteiger partial charge in [-0.3, -0.25) is 24.0 Å². The van der Waals surface area contributed by atoms with Crippen molar-refractivity contribution in [3.8, 4) is 0 Å². The minimum atomic E-state index is -0.606. The number of nitrogens with zero attached hydrogens (tertiary/aromatic N) is 2. The average Bonchev–Trinajstić information content (AvgIpc) is 0.888. The van der Waals surface area contributed by atoms with E-state index in [2.05, 4.69) is 134 Å². The van der Waals surface area contributed by atoms with Crippen LogP contribution in [0.4, 0.5) is 0 Å². The van der Waals surface area contributed by atoms with Crippen LogP contribution in [0.25, 0.3) is 0 Å². The maximum atomic E-state index is 13.1. The van der Waals surface area contributed by atoms with E-state index in [1.54, 1.807) is 12.1 Å². The molecule has 0 bridgehead atoms. The van der Waals surface area contributed by atoms with Crippen molar-refractivity contribution in [2.45, 2.75) is 220 Å². The highest BCUT2D eigenvalue weighted by Gasteiger charge is 2.31. The monoisotopic (exact) mass is 1640 g/mol. The van der Waals surface area contributed by atoms with Gasteiger partial charge in [-0.15, -0.1) is 0 Å². The van der Waals surface area contributed by atoms with Gasteiger partial charge in [0.1, 0.15) is 6.54 Å². The Morgan fingerprint density at radius 1 is 0.321 bits per heavy atom. The first-order chi connectivity index (χ1) is 51.7. The molecule has 10 N–H and O–H groups in total. The summed E-state index contributed by atoms with van der Waals surface area (Å²) in [4.78, 5) is 59.1. The first-order valence-electron chi connectivity index (χ1n) is 41.0. The third kappa shape index (κ3) is 68.7. The van der Waals surface area contributed by atoms with Gasteiger partial charge in [0.2, 0.25) is 23.6 Å². The summed E-state index contributed by atoms with van der Waals surface area (Å²) < 4.78 is 62.2. The van der Waals surface area contributed by atoms with Gasteiger partial charge in [-0.25, -0.2) is 0 Å². The molecule has 4 amide bonds. The van der Waals surface area contributed by atoms with Crippen molar-refractivity contribution in [1.29, 1.82) is 0 Å². The van der Waals surface area contributed by atoms with Gasteiger partial charge in [0, 0.05) is 124 Å². The van der Waals surface area contributed by atoms with Gasteiger partial charge in [0.05, 0.1) is 161 Å². The predicted molar refractivity (Wildman–Crippen MR) is 459 cm³/mol. The third-order valence-corrected chi connectivity index (χ3v) is 18.5. The zero-order chi connectivity index (χ0) is 85.3. The van der Waals surface area contributed by atoms with E-state index in [1.165, 1.54) is 0 Å². The summed E-state index contributed by atoms with van der Waals surface area (Å²) in [5.41, 5.74) is 14.0. The van der Waals surface area contributed by atoms with E-state index in [1.807, 2.05) is 74.8 Å². The number of hydroxylamine groups is 2. The summed E-state index contributed by atoms with van der Waals surface area (Å²) in [6.45, 7) is 61.5. The highest BCUT2D eigenvalue weighted by molar-refractivity contribution is 7.82. The minimum absolute atomic E-state index is 0.0323. The fourth-order valence-electron chi connectivity index (χ4n) is 10.7. The molecule has 0 heterocycles. The molecule has 0 spiro atoms. The van der Waals surface area contributed by atoms with Crippen LogP contribution in [0.3, 0.4) is 0 Å². The number of likely N-dealkylation sites (N-methyl/N-ethyl adjacent to an activating group) is 2. The number of nitrogens with two attached hydrogens (primary N) is 2. The van der Waals surface area contributed by atoms with Gasteiger partial charge in [0.25, 0.3) is 0 Å². The van der Waals surface area contributed by atoms with Crippen molar-refractivity contribution in [1.82, 2.24) is 41.9 Å². The summed E-state index contributed by atoms with van der Waals surface area (Å²) in [7, 11) is 3.78. The van der Waals surface area contributed by atoms with E-state index in [0.29, 0.717) is 189 Å². The number of carbonyl (C=O) groups is 4. The van der Waals surface area contributed by atoms with E-state index in [9.17, 15) is 19.2 Å². The number of amides is 4. The molecule has 28 heteroatoms. The molecule has 0 fully saturated rings. The second-order valence-corrected chi connectivity index (χ2v) is 41.5. The maximum absolute atomic E-state index is 13.1. The van der Waals surface area contributed by atoms with Crippen LogP contribution in [-0.2, 0) is 76.1 Å². The molecule has 2 unspecified atom stereocenters. The Morgan fingerprint density at radius 3 is 0.973 bits per heavy atom. The molecule has 0 saturated carbocycles. The maximum Gasteiger partial charge on any atom is 0.236 e. The number of carbonyl (C=O) groups excluding carboxylic acids is 4.